The molecule has 15 heavy (non-hydrogen) atoms. The van der Waals surface area contributed by atoms with Crippen LogP contribution >= 0.6 is 0 Å². The summed E-state index contributed by atoms with van der Waals surface area (Å²) in [7, 11) is 0. The van der Waals surface area contributed by atoms with Gasteiger partial charge >= 0.3 is 6.03 Å². The molecule has 1 atom stereocenters. The maximum absolute atomic E-state index is 13.3. The van der Waals surface area contributed by atoms with Crippen molar-refractivity contribution in [2.45, 2.75) is 6.04 Å². The van der Waals surface area contributed by atoms with Gasteiger partial charge in [-0.25, -0.2) is 14.1 Å². The second-order valence-corrected chi connectivity index (χ2v) is 3.23. The molecule has 1 aromatic rings. The van der Waals surface area contributed by atoms with Gasteiger partial charge in [-0.15, -0.1) is 0 Å². The minimum atomic E-state index is -0.481. The van der Waals surface area contributed by atoms with Gasteiger partial charge in [0.25, 0.3) is 0 Å². The Bertz CT molecular complexity index is 441. The number of carbonyl (C=O) groups excluding carboxylic acids is 1. The lowest BCUT2D eigenvalue weighted by atomic mass is 10.1. The van der Waals surface area contributed by atoms with Crippen molar-refractivity contribution in [3.8, 4) is 6.19 Å². The van der Waals surface area contributed by atoms with Gasteiger partial charge in [-0.05, 0) is 6.07 Å². The van der Waals surface area contributed by atoms with E-state index in [1.165, 1.54) is 6.07 Å². The van der Waals surface area contributed by atoms with Gasteiger partial charge in [-0.1, -0.05) is 18.2 Å². The van der Waals surface area contributed by atoms with E-state index in [-0.39, 0.29) is 12.4 Å². The van der Waals surface area contributed by atoms with Gasteiger partial charge < -0.3 is 5.32 Å². The molecule has 0 radical (unpaired) electrons. The molecule has 0 spiro atoms. The third-order valence-electron chi connectivity index (χ3n) is 2.31. The molecule has 1 aromatic carbocycles. The fraction of sp³-hybridized carbons (Fsp3) is 0.200. The molecule has 4 nitrogen and oxygen atoms in total. The predicted molar refractivity (Wildman–Crippen MR) is 50.0 cm³/mol. The standard InChI is InChI=1S/C10H8FN3O/c11-8-4-2-1-3-7(8)9-5-14(6-12)10(15)13-9/h1-4,9H,5H2,(H,13,15). The lowest BCUT2D eigenvalue weighted by molar-refractivity contribution is 0.232. The lowest BCUT2D eigenvalue weighted by Gasteiger charge is -2.09. The highest BCUT2D eigenvalue weighted by molar-refractivity contribution is 5.78. The van der Waals surface area contributed by atoms with E-state index in [4.69, 9.17) is 5.26 Å². The molecule has 1 aliphatic rings. The number of halogens is 1. The van der Waals surface area contributed by atoms with Crippen LogP contribution in [0.2, 0.25) is 0 Å². The zero-order chi connectivity index (χ0) is 10.8. The van der Waals surface area contributed by atoms with Crippen molar-refractivity contribution in [3.05, 3.63) is 35.6 Å². The van der Waals surface area contributed by atoms with Gasteiger partial charge in [-0.3, -0.25) is 0 Å². The molecule has 2 amide bonds. The zero-order valence-electron chi connectivity index (χ0n) is 7.77. The molecule has 1 saturated heterocycles. The van der Waals surface area contributed by atoms with Crippen LogP contribution in [0, 0.1) is 17.3 Å². The SMILES string of the molecule is N#CN1CC(c2ccccc2F)NC1=O. The quantitative estimate of drug-likeness (QED) is 0.704. The van der Waals surface area contributed by atoms with Gasteiger partial charge in [0.15, 0.2) is 6.19 Å². The molecule has 76 valence electrons. The summed E-state index contributed by atoms with van der Waals surface area (Å²) in [5, 5.41) is 11.1. The number of nitrogens with zero attached hydrogens (tertiary/aromatic N) is 2. The normalized spacial score (nSPS) is 19.9. The first-order valence-corrected chi connectivity index (χ1v) is 4.44. The summed E-state index contributed by atoms with van der Waals surface area (Å²) in [6.45, 7) is 0.177. The molecule has 0 saturated carbocycles. The van der Waals surface area contributed by atoms with Crippen molar-refractivity contribution in [1.82, 2.24) is 10.2 Å². The third kappa shape index (κ3) is 1.62. The van der Waals surface area contributed by atoms with Crippen LogP contribution in [0.3, 0.4) is 0 Å². The van der Waals surface area contributed by atoms with Gasteiger partial charge in [0, 0.05) is 5.56 Å². The molecule has 1 N–H and O–H groups in total. The Morgan fingerprint density at radius 3 is 2.87 bits per heavy atom. The number of benzene rings is 1. The highest BCUT2D eigenvalue weighted by atomic mass is 19.1. The maximum atomic E-state index is 13.3. The first-order chi connectivity index (χ1) is 7.22. The molecule has 2 rings (SSSR count). The summed E-state index contributed by atoms with van der Waals surface area (Å²) in [6, 6.07) is 5.28. The second-order valence-electron chi connectivity index (χ2n) is 3.23. The van der Waals surface area contributed by atoms with Crippen molar-refractivity contribution in [2.24, 2.45) is 0 Å². The first-order valence-electron chi connectivity index (χ1n) is 4.44. The Morgan fingerprint density at radius 2 is 2.27 bits per heavy atom. The number of nitrogens with one attached hydrogen (secondary N) is 1. The van der Waals surface area contributed by atoms with E-state index in [2.05, 4.69) is 5.32 Å². The monoisotopic (exact) mass is 205 g/mol. The number of urea groups is 1. The summed E-state index contributed by atoms with van der Waals surface area (Å²) in [5.74, 6) is -0.373. The van der Waals surface area contributed by atoms with Crippen molar-refractivity contribution in [3.63, 3.8) is 0 Å². The summed E-state index contributed by atoms with van der Waals surface area (Å²) < 4.78 is 13.3. The van der Waals surface area contributed by atoms with Crippen molar-refractivity contribution in [1.29, 1.82) is 5.26 Å². The van der Waals surface area contributed by atoms with Crippen molar-refractivity contribution < 1.29 is 9.18 Å². The topological polar surface area (TPSA) is 56.1 Å². The van der Waals surface area contributed by atoms with E-state index in [0.717, 1.165) is 4.90 Å². The van der Waals surface area contributed by atoms with E-state index in [1.54, 1.807) is 24.4 Å². The van der Waals surface area contributed by atoms with Crippen LogP contribution in [0.4, 0.5) is 9.18 Å². The highest BCUT2D eigenvalue weighted by Gasteiger charge is 2.31. The maximum Gasteiger partial charge on any atom is 0.331 e. The molecule has 1 heterocycles. The Morgan fingerprint density at radius 1 is 1.53 bits per heavy atom. The number of hydrogen-bond acceptors (Lipinski definition) is 2. The molecule has 0 bridgehead atoms. The van der Waals surface area contributed by atoms with Gasteiger partial charge in [0.05, 0.1) is 12.6 Å². The summed E-state index contributed by atoms with van der Waals surface area (Å²) in [4.78, 5) is 12.1. The molecule has 1 unspecified atom stereocenters. The highest BCUT2D eigenvalue weighted by Crippen LogP contribution is 2.21. The largest absolute Gasteiger partial charge is 0.331 e. The molecule has 1 fully saturated rings. The van der Waals surface area contributed by atoms with Gasteiger partial charge in [-0.2, -0.15) is 5.26 Å². The molecule has 5 heteroatoms. The molecular weight excluding hydrogens is 197 g/mol. The van der Waals surface area contributed by atoms with Crippen LogP contribution in [0.25, 0.3) is 0 Å². The van der Waals surface area contributed by atoms with E-state index in [1.807, 2.05) is 0 Å². The fourth-order valence-corrected chi connectivity index (χ4v) is 1.56. The Hall–Kier alpha value is -2.09. The molecule has 1 aliphatic heterocycles. The third-order valence-corrected chi connectivity index (χ3v) is 2.31. The summed E-state index contributed by atoms with van der Waals surface area (Å²) in [6.07, 6.45) is 1.73. The number of rotatable bonds is 1. The van der Waals surface area contributed by atoms with Crippen LogP contribution in [-0.4, -0.2) is 17.5 Å². The number of carbonyl (C=O) groups is 1. The van der Waals surface area contributed by atoms with Crippen LogP contribution in [0.5, 0.6) is 0 Å². The van der Waals surface area contributed by atoms with Crippen LogP contribution in [-0.2, 0) is 0 Å². The van der Waals surface area contributed by atoms with E-state index in [9.17, 15) is 9.18 Å². The smallest absolute Gasteiger partial charge is 0.328 e. The van der Waals surface area contributed by atoms with Gasteiger partial charge in [0.2, 0.25) is 0 Å². The average molecular weight is 205 g/mol. The lowest BCUT2D eigenvalue weighted by Crippen LogP contribution is -2.23. The summed E-state index contributed by atoms with van der Waals surface area (Å²) in [5.41, 5.74) is 0.406. The number of amides is 2. The van der Waals surface area contributed by atoms with E-state index >= 15 is 0 Å². The number of nitriles is 1. The Labute approximate surface area is 85.9 Å². The minimum absolute atomic E-state index is 0.177. The molecular formula is C10H8FN3O. The van der Waals surface area contributed by atoms with Crippen LogP contribution in [0.15, 0.2) is 24.3 Å². The van der Waals surface area contributed by atoms with Gasteiger partial charge in [0.1, 0.15) is 5.82 Å². The Balaban J connectivity index is 2.25. The van der Waals surface area contributed by atoms with E-state index < -0.39 is 12.1 Å². The average Bonchev–Trinajstić information content (AvgIpc) is 2.60. The summed E-state index contributed by atoms with van der Waals surface area (Å²) >= 11 is 0. The number of hydrogen-bond donors (Lipinski definition) is 1. The fourth-order valence-electron chi connectivity index (χ4n) is 1.56. The van der Waals surface area contributed by atoms with Crippen molar-refractivity contribution >= 4 is 6.03 Å². The minimum Gasteiger partial charge on any atom is -0.328 e. The van der Waals surface area contributed by atoms with Crippen LogP contribution < -0.4 is 5.32 Å². The van der Waals surface area contributed by atoms with E-state index in [0.29, 0.717) is 5.56 Å². The Kier molecular flexibility index (Phi) is 2.26. The first kappa shape index (κ1) is 9.46. The second kappa shape index (κ2) is 3.58. The van der Waals surface area contributed by atoms with Crippen LogP contribution in [0.1, 0.15) is 11.6 Å². The predicted octanol–water partition coefficient (Wildman–Crippen LogP) is 1.37. The molecule has 0 aliphatic carbocycles. The zero-order valence-corrected chi connectivity index (χ0v) is 7.77. The van der Waals surface area contributed by atoms with Crippen molar-refractivity contribution in [2.75, 3.05) is 6.54 Å². The molecule has 0 aromatic heterocycles.